The first-order chi connectivity index (χ1) is 9.42. The van der Waals surface area contributed by atoms with Crippen molar-refractivity contribution in [3.8, 4) is 6.07 Å². The second kappa shape index (κ2) is 5.75. The van der Waals surface area contributed by atoms with Gasteiger partial charge in [0.25, 0.3) is 0 Å². The number of rotatable bonds is 3. The number of aliphatic hydroxyl groups is 5. The molecule has 1 saturated heterocycles. The maximum absolute atomic E-state index is 9.82. The quantitative estimate of drug-likeness (QED) is 0.355. The van der Waals surface area contributed by atoms with Gasteiger partial charge in [-0.2, -0.15) is 5.26 Å². The number of aliphatic hydroxyl groups excluding tert-OH is 5. The van der Waals surface area contributed by atoms with Gasteiger partial charge in [0.1, 0.15) is 30.5 Å². The van der Waals surface area contributed by atoms with Gasteiger partial charge in [0.05, 0.1) is 12.7 Å². The van der Waals surface area contributed by atoms with Gasteiger partial charge in [-0.05, 0) is 6.08 Å². The van der Waals surface area contributed by atoms with E-state index in [9.17, 15) is 20.4 Å². The van der Waals surface area contributed by atoms with Crippen molar-refractivity contribution in [1.29, 1.82) is 5.26 Å². The second-order valence-corrected chi connectivity index (χ2v) is 4.95. The molecular weight excluding hydrogens is 270 g/mol. The van der Waals surface area contributed by atoms with Gasteiger partial charge in [-0.25, -0.2) is 0 Å². The third-order valence-electron chi connectivity index (χ3n) is 3.46. The van der Waals surface area contributed by atoms with Gasteiger partial charge >= 0.3 is 0 Å². The van der Waals surface area contributed by atoms with Gasteiger partial charge in [-0.3, -0.25) is 0 Å². The molecule has 1 fully saturated rings. The molecule has 0 saturated carbocycles. The van der Waals surface area contributed by atoms with Crippen molar-refractivity contribution in [3.05, 3.63) is 12.2 Å². The lowest BCUT2D eigenvalue weighted by Crippen LogP contribution is -2.60. The average molecular weight is 287 g/mol. The highest BCUT2D eigenvalue weighted by Gasteiger charge is 2.48. The lowest BCUT2D eigenvalue weighted by atomic mass is 9.98. The van der Waals surface area contributed by atoms with Crippen LogP contribution in [0.25, 0.3) is 0 Å². The Hall–Kier alpha value is -1.05. The Morgan fingerprint density at radius 1 is 1.25 bits per heavy atom. The molecule has 0 spiro atoms. The summed E-state index contributed by atoms with van der Waals surface area (Å²) in [4.78, 5) is 0. The van der Waals surface area contributed by atoms with Crippen molar-refractivity contribution in [2.24, 2.45) is 0 Å². The Morgan fingerprint density at radius 3 is 2.45 bits per heavy atom. The number of hydrogen-bond acceptors (Lipinski definition) is 8. The summed E-state index contributed by atoms with van der Waals surface area (Å²) >= 11 is 0. The highest BCUT2D eigenvalue weighted by molar-refractivity contribution is 5.24. The third kappa shape index (κ3) is 2.70. The van der Waals surface area contributed by atoms with Crippen LogP contribution in [0, 0.1) is 11.3 Å². The Labute approximate surface area is 115 Å². The van der Waals surface area contributed by atoms with Crippen LogP contribution in [-0.4, -0.2) is 74.6 Å². The van der Waals surface area contributed by atoms with Crippen molar-refractivity contribution in [2.45, 2.75) is 48.8 Å². The van der Waals surface area contributed by atoms with Crippen molar-refractivity contribution >= 4 is 0 Å². The van der Waals surface area contributed by atoms with E-state index < -0.39 is 49.0 Å². The van der Waals surface area contributed by atoms with E-state index in [0.29, 0.717) is 0 Å². The van der Waals surface area contributed by atoms with Crippen LogP contribution >= 0.6 is 0 Å². The molecule has 2 rings (SSSR count). The van der Waals surface area contributed by atoms with E-state index in [0.717, 1.165) is 0 Å². The van der Waals surface area contributed by atoms with Crippen LogP contribution in [-0.2, 0) is 9.47 Å². The van der Waals surface area contributed by atoms with Crippen LogP contribution in [0.4, 0.5) is 0 Å². The van der Waals surface area contributed by atoms with E-state index in [1.165, 1.54) is 12.2 Å². The van der Waals surface area contributed by atoms with Crippen LogP contribution in [0.1, 0.15) is 6.42 Å². The predicted molar refractivity (Wildman–Crippen MR) is 63.0 cm³/mol. The fourth-order valence-corrected chi connectivity index (χ4v) is 2.28. The summed E-state index contributed by atoms with van der Waals surface area (Å²) in [5, 5.41) is 56.7. The molecule has 0 bridgehead atoms. The first-order valence-corrected chi connectivity index (χ1v) is 6.19. The van der Waals surface area contributed by atoms with Gasteiger partial charge in [-0.15, -0.1) is 0 Å². The molecule has 0 unspecified atom stereocenters. The SMILES string of the molecule is N#C[C@]1(O[C@@H]2O[C@H](CO)[C@H](O)[C@H](O)[C@H]2O)C=C[C@@H](O)C1. The fourth-order valence-electron chi connectivity index (χ4n) is 2.28. The molecule has 1 aliphatic heterocycles. The minimum atomic E-state index is -1.58. The van der Waals surface area contributed by atoms with Gasteiger partial charge in [0, 0.05) is 6.42 Å². The zero-order valence-electron chi connectivity index (χ0n) is 10.5. The van der Waals surface area contributed by atoms with E-state index in [-0.39, 0.29) is 6.42 Å². The topological polar surface area (TPSA) is 143 Å². The zero-order valence-corrected chi connectivity index (χ0v) is 10.5. The largest absolute Gasteiger partial charge is 0.394 e. The zero-order chi connectivity index (χ0) is 14.9. The number of nitrogens with zero attached hydrogens (tertiary/aromatic N) is 1. The van der Waals surface area contributed by atoms with Gasteiger partial charge in [-0.1, -0.05) is 6.08 Å². The fraction of sp³-hybridized carbons (Fsp3) is 0.750. The van der Waals surface area contributed by atoms with Crippen LogP contribution in [0.3, 0.4) is 0 Å². The van der Waals surface area contributed by atoms with Crippen LogP contribution in [0.5, 0.6) is 0 Å². The van der Waals surface area contributed by atoms with Crippen LogP contribution < -0.4 is 0 Å². The van der Waals surface area contributed by atoms with E-state index >= 15 is 0 Å². The first-order valence-electron chi connectivity index (χ1n) is 6.19. The predicted octanol–water partition coefficient (Wildman–Crippen LogP) is -2.61. The van der Waals surface area contributed by atoms with E-state index in [1.807, 2.05) is 6.07 Å². The Balaban J connectivity index is 2.12. The molecule has 8 heteroatoms. The Morgan fingerprint density at radius 2 is 1.95 bits per heavy atom. The standard InChI is InChI=1S/C12H17NO7/c13-5-12(2-1-6(15)3-12)20-11-10(18)9(17)8(16)7(4-14)19-11/h1-2,6-11,14-18H,3-4H2/t6-,7-,8+,9+,10-,11+,12+/m1/s1. The molecule has 7 atom stereocenters. The summed E-state index contributed by atoms with van der Waals surface area (Å²) in [5.74, 6) is 0. The highest BCUT2D eigenvalue weighted by Crippen LogP contribution is 2.32. The van der Waals surface area contributed by atoms with Crippen LogP contribution in [0.15, 0.2) is 12.2 Å². The molecule has 0 radical (unpaired) electrons. The maximum Gasteiger partial charge on any atom is 0.189 e. The van der Waals surface area contributed by atoms with E-state index in [2.05, 4.69) is 0 Å². The van der Waals surface area contributed by atoms with Gasteiger partial charge in [0.2, 0.25) is 0 Å². The highest BCUT2D eigenvalue weighted by atomic mass is 16.7. The smallest absolute Gasteiger partial charge is 0.189 e. The number of nitriles is 1. The molecule has 0 aromatic carbocycles. The minimum Gasteiger partial charge on any atom is -0.394 e. The molecular formula is C12H17NO7. The summed E-state index contributed by atoms with van der Waals surface area (Å²) in [5.41, 5.74) is -1.48. The molecule has 0 amide bonds. The second-order valence-electron chi connectivity index (χ2n) is 4.95. The average Bonchev–Trinajstić information content (AvgIpc) is 2.81. The lowest BCUT2D eigenvalue weighted by Gasteiger charge is -2.41. The minimum absolute atomic E-state index is 0.0292. The lowest BCUT2D eigenvalue weighted by molar-refractivity contribution is -0.315. The van der Waals surface area contributed by atoms with Crippen molar-refractivity contribution in [3.63, 3.8) is 0 Å². The molecule has 0 aromatic heterocycles. The molecule has 5 N–H and O–H groups in total. The molecule has 20 heavy (non-hydrogen) atoms. The molecule has 1 aliphatic carbocycles. The molecule has 2 aliphatic rings. The molecule has 112 valence electrons. The molecule has 8 nitrogen and oxygen atoms in total. The van der Waals surface area contributed by atoms with E-state index in [4.69, 9.17) is 19.8 Å². The van der Waals surface area contributed by atoms with Crippen LogP contribution in [0.2, 0.25) is 0 Å². The summed E-state index contributed by atoms with van der Waals surface area (Å²) in [6.07, 6.45) is -5.30. The Kier molecular flexibility index (Phi) is 4.41. The Bertz CT molecular complexity index is 421. The van der Waals surface area contributed by atoms with Crippen molar-refractivity contribution in [2.75, 3.05) is 6.61 Å². The molecule has 1 heterocycles. The van der Waals surface area contributed by atoms with Crippen molar-refractivity contribution in [1.82, 2.24) is 0 Å². The monoisotopic (exact) mass is 287 g/mol. The van der Waals surface area contributed by atoms with Gasteiger partial charge < -0.3 is 35.0 Å². The maximum atomic E-state index is 9.82. The summed E-state index contributed by atoms with van der Waals surface area (Å²) in [6, 6.07) is 1.87. The number of hydrogen-bond donors (Lipinski definition) is 5. The summed E-state index contributed by atoms with van der Waals surface area (Å²) in [7, 11) is 0. The van der Waals surface area contributed by atoms with E-state index in [1.54, 1.807) is 0 Å². The third-order valence-corrected chi connectivity index (χ3v) is 3.46. The number of ether oxygens (including phenoxy) is 2. The van der Waals surface area contributed by atoms with Crippen molar-refractivity contribution < 1.29 is 35.0 Å². The molecule has 0 aromatic rings. The normalized spacial score (nSPS) is 48.2. The summed E-state index contributed by atoms with van der Waals surface area (Å²) < 4.78 is 10.5. The first kappa shape index (κ1) is 15.3. The van der Waals surface area contributed by atoms with Gasteiger partial charge in [0.15, 0.2) is 11.9 Å². The summed E-state index contributed by atoms with van der Waals surface area (Å²) in [6.45, 7) is -0.581.